The first-order valence-electron chi connectivity index (χ1n) is 5.50. The third-order valence-corrected chi connectivity index (χ3v) is 5.17. The number of nitrogens with two attached hydrogens (primary N) is 1. The van der Waals surface area contributed by atoms with E-state index in [4.69, 9.17) is 5.73 Å². The Morgan fingerprint density at radius 3 is 2.47 bits per heavy atom. The zero-order chi connectivity index (χ0) is 14.2. The molecule has 0 saturated heterocycles. The second-order valence-corrected chi connectivity index (χ2v) is 6.96. The fourth-order valence-electron chi connectivity index (χ4n) is 1.76. The summed E-state index contributed by atoms with van der Waals surface area (Å²) in [7, 11) is -3.71. The number of nitrogen functional groups attached to an aromatic ring is 1. The minimum Gasteiger partial charge on any atom is -0.398 e. The molecule has 6 nitrogen and oxygen atoms in total. The van der Waals surface area contributed by atoms with Gasteiger partial charge in [0.15, 0.2) is 0 Å². The van der Waals surface area contributed by atoms with E-state index >= 15 is 0 Å². The number of nitrogens with one attached hydrogen (secondary N) is 1. The first kappa shape index (κ1) is 13.8. The monoisotopic (exact) mass is 298 g/mol. The van der Waals surface area contributed by atoms with Crippen LogP contribution in [0.1, 0.15) is 16.1 Å². The van der Waals surface area contributed by atoms with Gasteiger partial charge in [0.05, 0.1) is 4.90 Å². The van der Waals surface area contributed by atoms with Gasteiger partial charge in [0.2, 0.25) is 5.13 Å². The average Bonchev–Trinajstić information content (AvgIpc) is 2.68. The normalized spacial score (nSPS) is 11.5. The smallest absolute Gasteiger partial charge is 0.264 e. The summed E-state index contributed by atoms with van der Waals surface area (Å²) < 4.78 is 27.2. The molecule has 19 heavy (non-hydrogen) atoms. The van der Waals surface area contributed by atoms with Crippen LogP contribution in [-0.2, 0) is 10.0 Å². The fraction of sp³-hybridized carbons (Fsp3) is 0.273. The van der Waals surface area contributed by atoms with Crippen molar-refractivity contribution in [2.45, 2.75) is 25.7 Å². The molecule has 0 bridgehead atoms. The van der Waals surface area contributed by atoms with Crippen molar-refractivity contribution in [1.29, 1.82) is 0 Å². The maximum Gasteiger partial charge on any atom is 0.264 e. The van der Waals surface area contributed by atoms with E-state index in [0.717, 1.165) is 0 Å². The molecule has 0 spiro atoms. The molecule has 0 aliphatic heterocycles. The maximum absolute atomic E-state index is 12.4. The lowest BCUT2D eigenvalue weighted by Gasteiger charge is -2.12. The first-order valence-corrected chi connectivity index (χ1v) is 7.80. The predicted molar refractivity (Wildman–Crippen MR) is 75.8 cm³/mol. The van der Waals surface area contributed by atoms with E-state index < -0.39 is 10.0 Å². The zero-order valence-corrected chi connectivity index (χ0v) is 12.4. The molecule has 0 unspecified atom stereocenters. The van der Waals surface area contributed by atoms with Gasteiger partial charge in [-0.2, -0.15) is 0 Å². The number of anilines is 2. The summed E-state index contributed by atoms with van der Waals surface area (Å²) in [5.41, 5.74) is 7.39. The van der Waals surface area contributed by atoms with Crippen molar-refractivity contribution in [2.75, 3.05) is 10.5 Å². The lowest BCUT2D eigenvalue weighted by Crippen LogP contribution is -2.16. The van der Waals surface area contributed by atoms with Crippen molar-refractivity contribution in [3.63, 3.8) is 0 Å². The molecule has 0 aliphatic carbocycles. The minimum atomic E-state index is -3.71. The third kappa shape index (κ3) is 2.69. The van der Waals surface area contributed by atoms with E-state index in [1.807, 2.05) is 0 Å². The summed E-state index contributed by atoms with van der Waals surface area (Å²) in [6.45, 7) is 5.17. The van der Waals surface area contributed by atoms with Crippen LogP contribution in [-0.4, -0.2) is 18.6 Å². The summed E-state index contributed by atoms with van der Waals surface area (Å²) in [5, 5.41) is 8.47. The number of benzene rings is 1. The van der Waals surface area contributed by atoms with Gasteiger partial charge in [0, 0.05) is 5.69 Å². The van der Waals surface area contributed by atoms with Gasteiger partial charge in [-0.05, 0) is 38.0 Å². The van der Waals surface area contributed by atoms with Gasteiger partial charge in [-0.15, -0.1) is 10.2 Å². The Balaban J connectivity index is 2.48. The molecule has 2 aromatic rings. The molecule has 1 aromatic carbocycles. The van der Waals surface area contributed by atoms with E-state index in [-0.39, 0.29) is 10.0 Å². The molecule has 0 aliphatic rings. The number of aromatic nitrogens is 2. The highest BCUT2D eigenvalue weighted by Gasteiger charge is 2.22. The van der Waals surface area contributed by atoms with Crippen LogP contribution in [0.15, 0.2) is 17.0 Å². The van der Waals surface area contributed by atoms with Crippen molar-refractivity contribution in [3.05, 3.63) is 28.3 Å². The quantitative estimate of drug-likeness (QED) is 0.843. The highest BCUT2D eigenvalue weighted by Crippen LogP contribution is 2.27. The molecule has 0 radical (unpaired) electrons. The highest BCUT2D eigenvalue weighted by atomic mass is 32.2. The average molecular weight is 298 g/mol. The predicted octanol–water partition coefficient (Wildman–Crippen LogP) is 1.85. The van der Waals surface area contributed by atoms with Gasteiger partial charge < -0.3 is 5.73 Å². The highest BCUT2D eigenvalue weighted by molar-refractivity contribution is 7.93. The minimum absolute atomic E-state index is 0.195. The van der Waals surface area contributed by atoms with Crippen LogP contribution in [0.25, 0.3) is 0 Å². The summed E-state index contributed by atoms with van der Waals surface area (Å²) in [5.74, 6) is 0. The van der Waals surface area contributed by atoms with E-state index in [2.05, 4.69) is 14.9 Å². The van der Waals surface area contributed by atoms with E-state index in [0.29, 0.717) is 21.8 Å². The lowest BCUT2D eigenvalue weighted by molar-refractivity contribution is 0.600. The molecule has 1 aromatic heterocycles. The van der Waals surface area contributed by atoms with Crippen molar-refractivity contribution in [3.8, 4) is 0 Å². The molecule has 2 rings (SSSR count). The number of sulfonamides is 1. The number of hydrogen-bond donors (Lipinski definition) is 2. The summed E-state index contributed by atoms with van der Waals surface area (Å²) in [6, 6.07) is 3.38. The van der Waals surface area contributed by atoms with Crippen molar-refractivity contribution < 1.29 is 8.42 Å². The SMILES string of the molecule is Cc1nnc(NS(=O)(=O)c2c(C)ccc(N)c2C)s1. The number of hydrogen-bond acceptors (Lipinski definition) is 6. The van der Waals surface area contributed by atoms with Gasteiger partial charge in [-0.1, -0.05) is 17.4 Å². The Labute approximate surface area is 115 Å². The number of aryl methyl sites for hydroxylation is 2. The van der Waals surface area contributed by atoms with Crippen LogP contribution in [0, 0.1) is 20.8 Å². The van der Waals surface area contributed by atoms with Crippen LogP contribution in [0.3, 0.4) is 0 Å². The number of nitrogens with zero attached hydrogens (tertiary/aromatic N) is 2. The topological polar surface area (TPSA) is 98.0 Å². The molecule has 3 N–H and O–H groups in total. The maximum atomic E-state index is 12.4. The van der Waals surface area contributed by atoms with Crippen molar-refractivity contribution in [2.24, 2.45) is 0 Å². The molecular weight excluding hydrogens is 284 g/mol. The van der Waals surface area contributed by atoms with Gasteiger partial charge in [-0.3, -0.25) is 4.72 Å². The second-order valence-electron chi connectivity index (χ2n) is 4.16. The Morgan fingerprint density at radius 2 is 1.89 bits per heavy atom. The Kier molecular flexibility index (Phi) is 3.46. The van der Waals surface area contributed by atoms with Crippen LogP contribution < -0.4 is 10.5 Å². The van der Waals surface area contributed by atoms with Crippen LogP contribution in [0.2, 0.25) is 0 Å². The molecule has 0 amide bonds. The molecule has 0 fully saturated rings. The third-order valence-electron chi connectivity index (χ3n) is 2.66. The summed E-state index contributed by atoms with van der Waals surface area (Å²) in [4.78, 5) is 0.195. The second kappa shape index (κ2) is 4.78. The van der Waals surface area contributed by atoms with E-state index in [1.54, 1.807) is 32.9 Å². The fourth-order valence-corrected chi connectivity index (χ4v) is 4.08. The van der Waals surface area contributed by atoms with Crippen molar-refractivity contribution in [1.82, 2.24) is 10.2 Å². The Hall–Kier alpha value is -1.67. The molecule has 8 heteroatoms. The lowest BCUT2D eigenvalue weighted by atomic mass is 10.1. The Morgan fingerprint density at radius 1 is 1.21 bits per heavy atom. The van der Waals surface area contributed by atoms with Crippen LogP contribution >= 0.6 is 11.3 Å². The molecule has 1 heterocycles. The van der Waals surface area contributed by atoms with Crippen LogP contribution in [0.4, 0.5) is 10.8 Å². The standard InChI is InChI=1S/C11H14N4O2S2/c1-6-4-5-9(12)7(2)10(6)19(16,17)15-11-14-13-8(3)18-11/h4-5H,12H2,1-3H3,(H,14,15). The first-order chi connectivity index (χ1) is 8.81. The molecule has 0 saturated carbocycles. The molecule has 102 valence electrons. The summed E-state index contributed by atoms with van der Waals surface area (Å²) in [6.07, 6.45) is 0. The zero-order valence-electron chi connectivity index (χ0n) is 10.8. The van der Waals surface area contributed by atoms with E-state index in [1.165, 1.54) is 11.3 Å². The van der Waals surface area contributed by atoms with Gasteiger partial charge >= 0.3 is 0 Å². The van der Waals surface area contributed by atoms with E-state index in [9.17, 15) is 8.42 Å². The molecule has 0 atom stereocenters. The molecular formula is C11H14N4O2S2. The largest absolute Gasteiger partial charge is 0.398 e. The van der Waals surface area contributed by atoms with Crippen molar-refractivity contribution >= 4 is 32.2 Å². The number of rotatable bonds is 3. The van der Waals surface area contributed by atoms with Gasteiger partial charge in [0.1, 0.15) is 5.01 Å². The summed E-state index contributed by atoms with van der Waals surface area (Å²) >= 11 is 1.18. The van der Waals surface area contributed by atoms with Gasteiger partial charge in [-0.25, -0.2) is 8.42 Å². The van der Waals surface area contributed by atoms with Gasteiger partial charge in [0.25, 0.3) is 10.0 Å². The van der Waals surface area contributed by atoms with Crippen LogP contribution in [0.5, 0.6) is 0 Å². The Bertz CT molecular complexity index is 722.